The molecule has 36 heavy (non-hydrogen) atoms. The molecule has 0 bridgehead atoms. The number of benzene rings is 3. The number of hydrogen-bond acceptors (Lipinski definition) is 3. The Bertz CT molecular complexity index is 1510. The van der Waals surface area contributed by atoms with Crippen molar-refractivity contribution < 1.29 is 9.53 Å². The van der Waals surface area contributed by atoms with Gasteiger partial charge in [0.05, 0.1) is 12.2 Å². The molecular formula is C28H23BrClN3O2S. The number of halogens is 2. The molecule has 0 N–H and O–H groups in total. The van der Waals surface area contributed by atoms with Crippen molar-refractivity contribution in [3.8, 4) is 5.75 Å². The van der Waals surface area contributed by atoms with Crippen LogP contribution >= 0.6 is 39.7 Å². The number of rotatable bonds is 6. The molecule has 5 rings (SSSR count). The van der Waals surface area contributed by atoms with Crippen LogP contribution in [0, 0.1) is 6.92 Å². The van der Waals surface area contributed by atoms with E-state index >= 15 is 0 Å². The molecule has 1 aliphatic heterocycles. The number of para-hydroxylation sites is 1. The van der Waals surface area contributed by atoms with E-state index in [1.165, 1.54) is 4.90 Å². The fourth-order valence-electron chi connectivity index (χ4n) is 4.29. The number of hydrogen-bond donors (Lipinski definition) is 0. The highest BCUT2D eigenvalue weighted by molar-refractivity contribution is 9.10. The number of ether oxygens (including phenoxy) is 1. The largest absolute Gasteiger partial charge is 0.491 e. The first-order valence-corrected chi connectivity index (χ1v) is 13.0. The first kappa shape index (κ1) is 24.6. The van der Waals surface area contributed by atoms with Crippen LogP contribution in [0.4, 0.5) is 5.69 Å². The Labute approximate surface area is 228 Å². The molecular weight excluding hydrogens is 558 g/mol. The van der Waals surface area contributed by atoms with Gasteiger partial charge in [-0.25, -0.2) is 0 Å². The van der Waals surface area contributed by atoms with Gasteiger partial charge in [-0.15, -0.1) is 0 Å². The second-order valence-electron chi connectivity index (χ2n) is 8.54. The average Bonchev–Trinajstić information content (AvgIpc) is 3.30. The Hall–Kier alpha value is -3.13. The van der Waals surface area contributed by atoms with Crippen molar-refractivity contribution in [2.75, 3.05) is 18.6 Å². The lowest BCUT2D eigenvalue weighted by molar-refractivity contribution is -0.114. The zero-order valence-electron chi connectivity index (χ0n) is 19.7. The molecule has 1 fully saturated rings. The summed E-state index contributed by atoms with van der Waals surface area (Å²) in [6.07, 6.45) is 3.96. The third kappa shape index (κ3) is 4.66. The van der Waals surface area contributed by atoms with Gasteiger partial charge in [-0.1, -0.05) is 45.7 Å². The minimum absolute atomic E-state index is 0.177. The van der Waals surface area contributed by atoms with Gasteiger partial charge in [0.15, 0.2) is 5.11 Å². The SMILES string of the molecule is Cc1ccccc1OCCn1cc(/C=C2/C(=O)N(c3ccc(Cl)cc3)C(=S)N2C)c2cc(Br)ccc21. The van der Waals surface area contributed by atoms with Crippen LogP contribution < -0.4 is 9.64 Å². The van der Waals surface area contributed by atoms with Gasteiger partial charge in [0, 0.05) is 39.2 Å². The highest BCUT2D eigenvalue weighted by Crippen LogP contribution is 2.32. The van der Waals surface area contributed by atoms with Crippen molar-refractivity contribution in [2.24, 2.45) is 0 Å². The number of nitrogens with zero attached hydrogens (tertiary/aromatic N) is 3. The molecule has 1 saturated heterocycles. The predicted molar refractivity (Wildman–Crippen MR) is 154 cm³/mol. The second kappa shape index (κ2) is 10.1. The van der Waals surface area contributed by atoms with Crippen LogP contribution in [0.3, 0.4) is 0 Å². The molecule has 4 aromatic rings. The van der Waals surface area contributed by atoms with Gasteiger partial charge in [-0.2, -0.15) is 0 Å². The molecule has 0 aliphatic carbocycles. The zero-order chi connectivity index (χ0) is 25.4. The van der Waals surface area contributed by atoms with Gasteiger partial charge in [-0.3, -0.25) is 9.69 Å². The third-order valence-electron chi connectivity index (χ3n) is 6.20. The number of aryl methyl sites for hydroxylation is 1. The van der Waals surface area contributed by atoms with Crippen molar-refractivity contribution in [2.45, 2.75) is 13.5 Å². The maximum Gasteiger partial charge on any atom is 0.281 e. The lowest BCUT2D eigenvalue weighted by Crippen LogP contribution is -2.31. The minimum Gasteiger partial charge on any atom is -0.491 e. The van der Waals surface area contributed by atoms with Crippen LogP contribution in [0.15, 0.2) is 83.1 Å². The van der Waals surface area contributed by atoms with Crippen LogP contribution in [-0.4, -0.2) is 34.1 Å². The van der Waals surface area contributed by atoms with E-state index < -0.39 is 0 Å². The fraction of sp³-hybridized carbons (Fsp3) is 0.143. The number of fused-ring (bicyclic) bond motifs is 1. The Kier molecular flexibility index (Phi) is 6.88. The number of thiocarbonyl (C=S) groups is 1. The Balaban J connectivity index is 1.47. The van der Waals surface area contributed by atoms with Crippen LogP contribution in [0.5, 0.6) is 5.75 Å². The summed E-state index contributed by atoms with van der Waals surface area (Å²) in [5.41, 5.74) is 4.28. The van der Waals surface area contributed by atoms with Gasteiger partial charge in [-0.05, 0) is 79.3 Å². The molecule has 0 atom stereocenters. The van der Waals surface area contributed by atoms with Crippen molar-refractivity contribution in [1.82, 2.24) is 9.47 Å². The van der Waals surface area contributed by atoms with E-state index in [1.54, 1.807) is 29.2 Å². The standard InChI is InChI=1S/C28H23BrClN3O2S/c1-18-5-3-4-6-26(18)35-14-13-32-17-19(23-16-20(29)7-12-24(23)32)15-25-27(34)33(28(36)31(25)2)22-10-8-21(30)9-11-22/h3-12,15-17H,13-14H2,1-2H3/b25-15-. The first-order valence-electron chi connectivity index (χ1n) is 11.4. The first-order chi connectivity index (χ1) is 17.3. The summed E-state index contributed by atoms with van der Waals surface area (Å²) in [7, 11) is 1.81. The van der Waals surface area contributed by atoms with Crippen LogP contribution in [-0.2, 0) is 11.3 Å². The average molecular weight is 581 g/mol. The van der Waals surface area contributed by atoms with E-state index in [0.29, 0.717) is 34.7 Å². The van der Waals surface area contributed by atoms with Gasteiger partial charge in [0.2, 0.25) is 0 Å². The fourth-order valence-corrected chi connectivity index (χ4v) is 5.06. The van der Waals surface area contributed by atoms with E-state index in [4.69, 9.17) is 28.6 Å². The Morgan fingerprint density at radius 3 is 2.58 bits per heavy atom. The number of aromatic nitrogens is 1. The molecule has 8 heteroatoms. The number of anilines is 1. The van der Waals surface area contributed by atoms with Gasteiger partial charge in [0.1, 0.15) is 18.1 Å². The molecule has 5 nitrogen and oxygen atoms in total. The monoisotopic (exact) mass is 579 g/mol. The molecule has 2 heterocycles. The van der Waals surface area contributed by atoms with E-state index in [2.05, 4.69) is 38.8 Å². The van der Waals surface area contributed by atoms with Gasteiger partial charge < -0.3 is 14.2 Å². The number of amides is 1. The molecule has 3 aromatic carbocycles. The second-order valence-corrected chi connectivity index (χ2v) is 10.3. The normalized spacial score (nSPS) is 14.9. The lowest BCUT2D eigenvalue weighted by atomic mass is 10.1. The highest BCUT2D eigenvalue weighted by Gasteiger charge is 2.37. The van der Waals surface area contributed by atoms with Crippen LogP contribution in [0.25, 0.3) is 17.0 Å². The predicted octanol–water partition coefficient (Wildman–Crippen LogP) is 7.05. The topological polar surface area (TPSA) is 37.7 Å². The van der Waals surface area contributed by atoms with Gasteiger partial charge in [0.25, 0.3) is 5.91 Å². The van der Waals surface area contributed by atoms with Gasteiger partial charge >= 0.3 is 0 Å². The molecule has 1 aliphatic rings. The molecule has 0 spiro atoms. The summed E-state index contributed by atoms with van der Waals surface area (Å²) in [5.74, 6) is 0.705. The maximum atomic E-state index is 13.4. The number of likely N-dealkylation sites (N-methyl/N-ethyl adjacent to an activating group) is 1. The lowest BCUT2D eigenvalue weighted by Gasteiger charge is -2.16. The Morgan fingerprint density at radius 1 is 1.08 bits per heavy atom. The molecule has 1 amide bonds. The molecule has 0 unspecified atom stereocenters. The van der Waals surface area contributed by atoms with Crippen LogP contribution in [0.2, 0.25) is 5.02 Å². The third-order valence-corrected chi connectivity index (χ3v) is 7.40. The van der Waals surface area contributed by atoms with E-state index in [9.17, 15) is 4.79 Å². The maximum absolute atomic E-state index is 13.4. The Morgan fingerprint density at radius 2 is 1.83 bits per heavy atom. The quantitative estimate of drug-likeness (QED) is 0.181. The smallest absolute Gasteiger partial charge is 0.281 e. The number of carbonyl (C=O) groups is 1. The summed E-state index contributed by atoms with van der Waals surface area (Å²) >= 11 is 15.2. The van der Waals surface area contributed by atoms with E-state index in [1.807, 2.05) is 50.4 Å². The zero-order valence-corrected chi connectivity index (χ0v) is 22.9. The van der Waals surface area contributed by atoms with Crippen LogP contribution in [0.1, 0.15) is 11.1 Å². The van der Waals surface area contributed by atoms with Crippen molar-refractivity contribution in [3.05, 3.63) is 99.2 Å². The summed E-state index contributed by atoms with van der Waals surface area (Å²) in [4.78, 5) is 16.7. The van der Waals surface area contributed by atoms with Crippen molar-refractivity contribution in [3.63, 3.8) is 0 Å². The van der Waals surface area contributed by atoms with E-state index in [-0.39, 0.29) is 5.91 Å². The van der Waals surface area contributed by atoms with Crippen molar-refractivity contribution in [1.29, 1.82) is 0 Å². The molecule has 1 aromatic heterocycles. The summed E-state index contributed by atoms with van der Waals surface area (Å²) < 4.78 is 9.15. The summed E-state index contributed by atoms with van der Waals surface area (Å²) in [5, 5.41) is 2.06. The van der Waals surface area contributed by atoms with E-state index in [0.717, 1.165) is 32.3 Å². The number of carbonyl (C=O) groups excluding carboxylic acids is 1. The highest BCUT2D eigenvalue weighted by atomic mass is 79.9. The molecule has 0 saturated carbocycles. The minimum atomic E-state index is -0.177. The molecule has 0 radical (unpaired) electrons. The summed E-state index contributed by atoms with van der Waals surface area (Å²) in [6.45, 7) is 3.22. The molecule has 182 valence electrons. The van der Waals surface area contributed by atoms with Crippen molar-refractivity contribution >= 4 is 73.4 Å². The summed E-state index contributed by atoms with van der Waals surface area (Å²) in [6, 6.07) is 21.2.